The number of aromatic nitrogens is 2. The maximum absolute atomic E-state index is 11.7. The first-order valence-corrected chi connectivity index (χ1v) is 19.3. The fraction of sp³-hybridized carbons (Fsp3) is 0. The van der Waals surface area contributed by atoms with E-state index >= 15 is 0 Å². The van der Waals surface area contributed by atoms with Crippen LogP contribution in [0.5, 0.6) is 0 Å². The molecule has 6 rings (SSSR count). The normalized spacial score (nSPS) is 11.1. The van der Waals surface area contributed by atoms with Crippen molar-refractivity contribution >= 4 is 58.7 Å². The molecule has 0 bridgehead atoms. The van der Waals surface area contributed by atoms with Gasteiger partial charge in [-0.1, -0.05) is 12.1 Å². The van der Waals surface area contributed by atoms with Crippen LogP contribution in [-0.2, 0) is 0 Å². The van der Waals surface area contributed by atoms with E-state index in [9.17, 15) is 5.21 Å². The van der Waals surface area contributed by atoms with Gasteiger partial charge in [-0.15, -0.1) is 0 Å². The van der Waals surface area contributed by atoms with Gasteiger partial charge in [-0.2, -0.15) is 4.73 Å². The predicted octanol–water partition coefficient (Wildman–Crippen LogP) is 4.91. The summed E-state index contributed by atoms with van der Waals surface area (Å²) >= 11 is -3.30. The van der Waals surface area contributed by atoms with Crippen LogP contribution >= 0.6 is 8.92 Å². The van der Waals surface area contributed by atoms with Crippen molar-refractivity contribution in [3.05, 3.63) is 145 Å². The van der Waals surface area contributed by atoms with Gasteiger partial charge in [0.15, 0.2) is 6.20 Å². The average molecular weight is 582 g/mol. The first-order valence-electron chi connectivity index (χ1n) is 11.4. The number of rotatable bonds is 3. The molecular weight excluding hydrogens is 559 g/mol. The van der Waals surface area contributed by atoms with Crippen molar-refractivity contribution in [2.75, 3.05) is 0 Å². The minimum Gasteiger partial charge on any atom is -0.618 e. The average Bonchev–Trinajstić information content (AvgIpc) is 2.94. The largest absolute Gasteiger partial charge is 0.618 e. The van der Waals surface area contributed by atoms with Gasteiger partial charge < -0.3 is 5.21 Å². The first-order chi connectivity index (χ1) is 17.2. The fourth-order valence-electron chi connectivity index (χ4n) is 4.31. The third kappa shape index (κ3) is 4.74. The van der Waals surface area contributed by atoms with Crippen LogP contribution in [0.3, 0.4) is 0 Å². The molecule has 2 heterocycles. The molecule has 6 aromatic rings. The Hall–Kier alpha value is -3.41. The van der Waals surface area contributed by atoms with Crippen LogP contribution in [0.25, 0.3) is 21.8 Å². The van der Waals surface area contributed by atoms with Gasteiger partial charge in [-0.3, -0.25) is 0 Å². The summed E-state index contributed by atoms with van der Waals surface area (Å²) < 4.78 is 4.74. The predicted molar refractivity (Wildman–Crippen MR) is 148 cm³/mol. The van der Waals surface area contributed by atoms with E-state index in [1.165, 1.54) is 16.9 Å². The Morgan fingerprint density at radius 1 is 0.571 bits per heavy atom. The molecule has 0 N–H and O–H groups in total. The van der Waals surface area contributed by atoms with Gasteiger partial charge in [0.2, 0.25) is 5.52 Å². The Morgan fingerprint density at radius 3 is 1.60 bits per heavy atom. The number of pyridine rings is 2. The van der Waals surface area contributed by atoms with E-state index in [2.05, 4.69) is 77.8 Å². The number of hydrogen-bond donors (Lipinski definition) is 0. The third-order valence-electron chi connectivity index (χ3n) is 6.01. The zero-order valence-electron chi connectivity index (χ0n) is 19.0. The maximum Gasteiger partial charge on any atom is 0.250 e. The zero-order valence-corrected chi connectivity index (χ0v) is 22.6. The number of fused-ring (bicyclic) bond motifs is 3. The van der Waals surface area contributed by atoms with Crippen molar-refractivity contribution in [2.24, 2.45) is 0 Å². The molecule has 0 aliphatic heterocycles. The van der Waals surface area contributed by atoms with Gasteiger partial charge in [0.1, 0.15) is 5.52 Å². The summed E-state index contributed by atoms with van der Waals surface area (Å²) in [6, 6.07) is 43.0. The second-order valence-corrected chi connectivity index (χ2v) is 20.7. The van der Waals surface area contributed by atoms with Crippen LogP contribution in [0.4, 0.5) is 0 Å². The van der Waals surface area contributed by atoms with E-state index in [1.807, 2.05) is 48.5 Å². The number of nitrogens with zero attached hydrogens (tertiary/aromatic N) is 2. The van der Waals surface area contributed by atoms with Gasteiger partial charge in [0.25, 0.3) is 0 Å². The Kier molecular flexibility index (Phi) is 6.98. The van der Waals surface area contributed by atoms with Crippen molar-refractivity contribution in [3.63, 3.8) is 0 Å². The third-order valence-corrected chi connectivity index (χ3v) is 20.1. The van der Waals surface area contributed by atoms with E-state index in [-0.39, 0.29) is 0 Å². The molecule has 35 heavy (non-hydrogen) atoms. The molecule has 0 saturated heterocycles. The van der Waals surface area contributed by atoms with E-state index in [4.69, 9.17) is 8.92 Å². The summed E-state index contributed by atoms with van der Waals surface area (Å²) in [4.78, 5) is 4.25. The van der Waals surface area contributed by atoms with Gasteiger partial charge in [-0.05, 0) is 18.2 Å². The number of halogens is 1. The smallest absolute Gasteiger partial charge is 0.250 e. The molecule has 0 amide bonds. The Morgan fingerprint density at radius 2 is 1.06 bits per heavy atom. The summed E-state index contributed by atoms with van der Waals surface area (Å²) in [6.07, 6.45) is 3.20. The summed E-state index contributed by atoms with van der Waals surface area (Å²) in [5, 5.41) is 13.6. The van der Waals surface area contributed by atoms with Gasteiger partial charge in [-0.25, -0.2) is 4.98 Å². The molecule has 5 heteroatoms. The second kappa shape index (κ2) is 10.5. The standard InChI is InChI=1S/C12H8N2O.3C6H5.ClH.Sn/c15-14-8-2-4-10-6-5-9-3-1-7-13-11(9)12(10)14;3*1-2-4-6-5-3-1;;/h1-8H;3*1-5H;1H;/q;;;;;+1/p-1. The monoisotopic (exact) mass is 582 g/mol. The zero-order chi connectivity index (χ0) is 24.1. The summed E-state index contributed by atoms with van der Waals surface area (Å²) in [7, 11) is 7.33. The van der Waals surface area contributed by atoms with Crippen LogP contribution in [0, 0.1) is 5.21 Å². The molecule has 0 aliphatic carbocycles. The molecule has 0 saturated carbocycles. The first kappa shape index (κ1) is 23.3. The second-order valence-electron chi connectivity index (χ2n) is 8.17. The fourth-order valence-corrected chi connectivity index (χ4v) is 15.3. The van der Waals surface area contributed by atoms with Crippen LogP contribution in [-0.4, -0.2) is 22.2 Å². The number of benzene rings is 4. The molecule has 0 fully saturated rings. The van der Waals surface area contributed by atoms with Crippen molar-refractivity contribution in [2.45, 2.75) is 0 Å². The molecule has 0 unspecified atom stereocenters. The summed E-state index contributed by atoms with van der Waals surface area (Å²) in [6.45, 7) is 0. The van der Waals surface area contributed by atoms with Crippen LogP contribution in [0.2, 0.25) is 0 Å². The minimum atomic E-state index is -3.30. The van der Waals surface area contributed by atoms with Gasteiger partial charge in [0, 0.05) is 17.6 Å². The van der Waals surface area contributed by atoms with Gasteiger partial charge in [0.05, 0.1) is 5.39 Å². The van der Waals surface area contributed by atoms with Crippen LogP contribution in [0.1, 0.15) is 0 Å². The van der Waals surface area contributed by atoms with E-state index in [1.54, 1.807) is 12.3 Å². The molecular formula is C30H23ClN2OSn. The topological polar surface area (TPSA) is 39.8 Å². The Balaban J connectivity index is 0.000000151. The van der Waals surface area contributed by atoms with Crippen LogP contribution < -0.4 is 15.5 Å². The van der Waals surface area contributed by atoms with Crippen LogP contribution in [0.15, 0.2) is 140 Å². The van der Waals surface area contributed by atoms with Gasteiger partial charge >= 0.3 is 128 Å². The Labute approximate surface area is 212 Å². The molecule has 170 valence electrons. The summed E-state index contributed by atoms with van der Waals surface area (Å²) in [5.41, 5.74) is 1.39. The Bertz CT molecular complexity index is 1460. The molecule has 2 aromatic heterocycles. The van der Waals surface area contributed by atoms with Crippen molar-refractivity contribution < 1.29 is 4.73 Å². The SMILES string of the molecule is [Cl][Sn]([c]1ccccc1)([c]1ccccc1)[c]1ccccc1.[O-][n+]1cccc2ccc3cccnc3c21. The number of hydrogen-bond acceptors (Lipinski definition) is 2. The van der Waals surface area contributed by atoms with Crippen molar-refractivity contribution in [1.82, 2.24) is 4.98 Å². The van der Waals surface area contributed by atoms with E-state index in [0.717, 1.165) is 21.0 Å². The minimum absolute atomic E-state index is 0.635. The maximum atomic E-state index is 11.7. The van der Waals surface area contributed by atoms with E-state index in [0.29, 0.717) is 5.52 Å². The van der Waals surface area contributed by atoms with Crippen molar-refractivity contribution in [1.29, 1.82) is 0 Å². The molecule has 0 radical (unpaired) electrons. The van der Waals surface area contributed by atoms with Crippen molar-refractivity contribution in [3.8, 4) is 0 Å². The summed E-state index contributed by atoms with van der Waals surface area (Å²) in [5.74, 6) is 0. The molecule has 4 aromatic carbocycles. The molecule has 0 aliphatic rings. The molecule has 0 atom stereocenters. The molecule has 3 nitrogen and oxygen atoms in total. The molecule has 0 spiro atoms. The van der Waals surface area contributed by atoms with E-state index < -0.39 is 17.3 Å². The quantitative estimate of drug-likeness (QED) is 0.129.